The first-order valence-corrected chi connectivity index (χ1v) is 8.53. The number of dihydropyridines is 1. The molecule has 26 heavy (non-hydrogen) atoms. The second kappa shape index (κ2) is 7.15. The highest BCUT2D eigenvalue weighted by Gasteiger charge is 2.38. The highest BCUT2D eigenvalue weighted by molar-refractivity contribution is 6.03. The van der Waals surface area contributed by atoms with Crippen LogP contribution in [0, 0.1) is 0 Å². The van der Waals surface area contributed by atoms with Crippen LogP contribution in [-0.2, 0) is 19.1 Å². The number of methoxy groups -OCH3 is 1. The maximum absolute atomic E-state index is 12.6. The van der Waals surface area contributed by atoms with E-state index in [0.29, 0.717) is 29.0 Å². The van der Waals surface area contributed by atoms with Gasteiger partial charge in [0.2, 0.25) is 0 Å². The van der Waals surface area contributed by atoms with Gasteiger partial charge in [0.25, 0.3) is 0 Å². The Kier molecular flexibility index (Phi) is 4.93. The molecule has 6 heteroatoms. The van der Waals surface area contributed by atoms with E-state index in [2.05, 4.69) is 5.32 Å². The van der Waals surface area contributed by atoms with E-state index in [1.165, 1.54) is 14.0 Å². The molecule has 6 nitrogen and oxygen atoms in total. The van der Waals surface area contributed by atoms with E-state index < -0.39 is 17.9 Å². The van der Waals surface area contributed by atoms with Crippen LogP contribution >= 0.6 is 0 Å². The second-order valence-corrected chi connectivity index (χ2v) is 6.42. The molecule has 2 aliphatic rings. The molecule has 136 valence electrons. The van der Waals surface area contributed by atoms with Crippen LogP contribution < -0.4 is 10.1 Å². The van der Waals surface area contributed by atoms with Gasteiger partial charge in [-0.15, -0.1) is 0 Å². The van der Waals surface area contributed by atoms with Crippen molar-refractivity contribution < 1.29 is 23.9 Å². The molecule has 0 radical (unpaired) electrons. The van der Waals surface area contributed by atoms with Crippen molar-refractivity contribution in [3.8, 4) is 5.75 Å². The number of hydrogen-bond acceptors (Lipinski definition) is 6. The van der Waals surface area contributed by atoms with Gasteiger partial charge in [0.15, 0.2) is 5.78 Å². The zero-order chi connectivity index (χ0) is 18.8. The van der Waals surface area contributed by atoms with Gasteiger partial charge in [0.05, 0.1) is 12.7 Å². The Bertz CT molecular complexity index is 832. The maximum Gasteiger partial charge on any atom is 0.336 e. The van der Waals surface area contributed by atoms with Crippen LogP contribution in [0.4, 0.5) is 0 Å². The Labute approximate surface area is 151 Å². The Morgan fingerprint density at radius 1 is 1.15 bits per heavy atom. The number of Topliss-reactive ketones (excluding diaryl/α,β-unsaturated/α-hetero) is 1. The third-order valence-corrected chi connectivity index (χ3v) is 4.66. The van der Waals surface area contributed by atoms with Gasteiger partial charge < -0.3 is 14.8 Å². The highest BCUT2D eigenvalue weighted by atomic mass is 16.5. The van der Waals surface area contributed by atoms with Crippen LogP contribution in [0.1, 0.15) is 44.6 Å². The van der Waals surface area contributed by atoms with Crippen LogP contribution in [0.3, 0.4) is 0 Å². The number of ether oxygens (including phenoxy) is 2. The normalized spacial score (nSPS) is 19.7. The van der Waals surface area contributed by atoms with Crippen molar-refractivity contribution in [1.29, 1.82) is 0 Å². The number of carbonyl (C=O) groups excluding carboxylic acids is 3. The number of carbonyl (C=O) groups is 3. The molecule has 3 rings (SSSR count). The van der Waals surface area contributed by atoms with Crippen molar-refractivity contribution in [1.82, 2.24) is 5.32 Å². The third-order valence-electron chi connectivity index (χ3n) is 4.66. The molecule has 1 aliphatic carbocycles. The number of benzene rings is 1. The van der Waals surface area contributed by atoms with Crippen LogP contribution in [0.5, 0.6) is 5.75 Å². The van der Waals surface area contributed by atoms with Gasteiger partial charge in [-0.1, -0.05) is 12.1 Å². The first-order chi connectivity index (χ1) is 12.4. The molecule has 1 aromatic carbocycles. The van der Waals surface area contributed by atoms with Crippen molar-refractivity contribution in [3.05, 3.63) is 52.4 Å². The zero-order valence-electron chi connectivity index (χ0n) is 15.0. The van der Waals surface area contributed by atoms with Crippen molar-refractivity contribution in [2.75, 3.05) is 7.11 Å². The summed E-state index contributed by atoms with van der Waals surface area (Å²) in [5.41, 5.74) is 3.41. The smallest absolute Gasteiger partial charge is 0.336 e. The minimum absolute atomic E-state index is 0.0433. The van der Waals surface area contributed by atoms with Crippen LogP contribution in [0.25, 0.3) is 0 Å². The molecular weight excluding hydrogens is 334 g/mol. The zero-order valence-corrected chi connectivity index (χ0v) is 15.0. The van der Waals surface area contributed by atoms with Crippen LogP contribution in [0.2, 0.25) is 0 Å². The lowest BCUT2D eigenvalue weighted by atomic mass is 9.75. The summed E-state index contributed by atoms with van der Waals surface area (Å²) in [6.45, 7) is 3.15. The summed E-state index contributed by atoms with van der Waals surface area (Å²) in [6.07, 6.45) is 2.04. The Hall–Kier alpha value is -2.89. The topological polar surface area (TPSA) is 81.7 Å². The summed E-state index contributed by atoms with van der Waals surface area (Å²) in [5.74, 6) is -0.897. The molecule has 0 unspecified atom stereocenters. The molecule has 0 saturated carbocycles. The maximum atomic E-state index is 12.6. The molecule has 1 N–H and O–H groups in total. The molecular formula is C20H21NO5. The Morgan fingerprint density at radius 3 is 2.46 bits per heavy atom. The SMILES string of the molecule is COC(=O)C1=C(C)NC2=C(C(=O)CCC2)[C@H]1c1ccc(OC(C)=O)cc1. The van der Waals surface area contributed by atoms with E-state index >= 15 is 0 Å². The number of esters is 2. The predicted octanol–water partition coefficient (Wildman–Crippen LogP) is 2.75. The van der Waals surface area contributed by atoms with E-state index in [1.807, 2.05) is 6.92 Å². The average molecular weight is 355 g/mol. The number of ketones is 1. The molecule has 0 fully saturated rings. The van der Waals surface area contributed by atoms with Crippen LogP contribution in [0.15, 0.2) is 46.8 Å². The average Bonchev–Trinajstić information content (AvgIpc) is 2.60. The molecule has 0 spiro atoms. The fourth-order valence-corrected chi connectivity index (χ4v) is 3.59. The Balaban J connectivity index is 2.09. The summed E-state index contributed by atoms with van der Waals surface area (Å²) in [4.78, 5) is 36.2. The van der Waals surface area contributed by atoms with Gasteiger partial charge in [0, 0.05) is 36.2 Å². The van der Waals surface area contributed by atoms with E-state index in [0.717, 1.165) is 24.1 Å². The minimum Gasteiger partial charge on any atom is -0.466 e. The third kappa shape index (κ3) is 3.27. The standard InChI is InChI=1S/C20H21NO5/c1-11-17(20(24)25-3)18(19-15(21-11)5-4-6-16(19)23)13-7-9-14(10-8-13)26-12(2)22/h7-10,18,21H,4-6H2,1-3H3/t18-/m0/s1. The quantitative estimate of drug-likeness (QED) is 0.663. The predicted molar refractivity (Wildman–Crippen MR) is 94.2 cm³/mol. The molecule has 0 amide bonds. The summed E-state index contributed by atoms with van der Waals surface area (Å²) < 4.78 is 10.0. The van der Waals surface area contributed by atoms with Gasteiger partial charge in [-0.3, -0.25) is 9.59 Å². The number of allylic oxidation sites excluding steroid dienone is 3. The number of hydrogen-bond donors (Lipinski definition) is 1. The van der Waals surface area contributed by atoms with E-state index in [9.17, 15) is 14.4 Å². The second-order valence-electron chi connectivity index (χ2n) is 6.42. The Morgan fingerprint density at radius 2 is 1.85 bits per heavy atom. The molecule has 1 aliphatic heterocycles. The fraction of sp³-hybridized carbons (Fsp3) is 0.350. The lowest BCUT2D eigenvalue weighted by Crippen LogP contribution is -2.34. The van der Waals surface area contributed by atoms with Gasteiger partial charge in [-0.25, -0.2) is 4.79 Å². The summed E-state index contributed by atoms with van der Waals surface area (Å²) >= 11 is 0. The van der Waals surface area contributed by atoms with Crippen molar-refractivity contribution in [2.24, 2.45) is 0 Å². The lowest BCUT2D eigenvalue weighted by Gasteiger charge is -2.34. The molecule has 1 aromatic rings. The van der Waals surface area contributed by atoms with Crippen molar-refractivity contribution >= 4 is 17.7 Å². The molecule has 0 saturated heterocycles. The number of rotatable bonds is 3. The van der Waals surface area contributed by atoms with Gasteiger partial charge in [-0.05, 0) is 37.5 Å². The fourth-order valence-electron chi connectivity index (χ4n) is 3.59. The molecule has 1 heterocycles. The molecule has 1 atom stereocenters. The van der Waals surface area contributed by atoms with Crippen LogP contribution in [-0.4, -0.2) is 24.8 Å². The van der Waals surface area contributed by atoms with Gasteiger partial charge in [0.1, 0.15) is 5.75 Å². The first kappa shape index (κ1) is 17.9. The van der Waals surface area contributed by atoms with Crippen molar-refractivity contribution in [3.63, 3.8) is 0 Å². The van der Waals surface area contributed by atoms with E-state index in [-0.39, 0.29) is 5.78 Å². The lowest BCUT2D eigenvalue weighted by molar-refractivity contribution is -0.136. The summed E-state index contributed by atoms with van der Waals surface area (Å²) in [5, 5.41) is 3.22. The van der Waals surface area contributed by atoms with Gasteiger partial charge >= 0.3 is 11.9 Å². The number of nitrogens with one attached hydrogen (secondary N) is 1. The van der Waals surface area contributed by atoms with E-state index in [1.54, 1.807) is 24.3 Å². The summed E-state index contributed by atoms with van der Waals surface area (Å²) in [7, 11) is 1.33. The highest BCUT2D eigenvalue weighted by Crippen LogP contribution is 2.42. The van der Waals surface area contributed by atoms with E-state index in [4.69, 9.17) is 9.47 Å². The largest absolute Gasteiger partial charge is 0.466 e. The summed E-state index contributed by atoms with van der Waals surface area (Å²) in [6, 6.07) is 6.88. The monoisotopic (exact) mass is 355 g/mol. The van der Waals surface area contributed by atoms with Crippen molar-refractivity contribution in [2.45, 2.75) is 39.0 Å². The minimum atomic E-state index is -0.488. The molecule has 0 aromatic heterocycles. The molecule has 0 bridgehead atoms. The van der Waals surface area contributed by atoms with Gasteiger partial charge in [-0.2, -0.15) is 0 Å². The first-order valence-electron chi connectivity index (χ1n) is 8.53.